The Morgan fingerprint density at radius 1 is 0.318 bits per heavy atom. The standard InChI is InChI=1S/C62H38N4/c1-3-16-41(17-4-1)59-63-60(42-18-5-2-6-19-42)65-61(64-59)43-35-32-40(33-36-43)45-23-13-20-39-34-37-44(38-50(39)45)46-24-14-28-53-57(46)49-22-7-9-26-51(49)62(53)52-27-10-12-31-56(52)66-55-30-11-8-21-47(55)48-25-15-29-54(62)58(48)66/h1-38H. The molecule has 0 fully saturated rings. The van der Waals surface area contributed by atoms with Crippen molar-refractivity contribution in [3.8, 4) is 73.2 Å². The van der Waals surface area contributed by atoms with E-state index in [2.05, 4.69) is 174 Å². The van der Waals surface area contributed by atoms with Crippen LogP contribution in [0.5, 0.6) is 0 Å². The maximum Gasteiger partial charge on any atom is 0.164 e. The minimum atomic E-state index is -0.506. The lowest BCUT2D eigenvalue weighted by Gasteiger charge is -2.39. The molecule has 1 spiro atoms. The Labute approximate surface area is 381 Å². The van der Waals surface area contributed by atoms with Gasteiger partial charge in [0.2, 0.25) is 0 Å². The van der Waals surface area contributed by atoms with E-state index in [0.717, 1.165) is 22.3 Å². The first kappa shape index (κ1) is 36.7. The van der Waals surface area contributed by atoms with Crippen LogP contribution < -0.4 is 0 Å². The molecule has 66 heavy (non-hydrogen) atoms. The van der Waals surface area contributed by atoms with Gasteiger partial charge < -0.3 is 4.57 Å². The molecule has 1 atom stereocenters. The number of hydrogen-bond donors (Lipinski definition) is 0. The van der Waals surface area contributed by atoms with Gasteiger partial charge in [-0.2, -0.15) is 0 Å². The first-order chi connectivity index (χ1) is 32.7. The fourth-order valence-corrected chi connectivity index (χ4v) is 11.3. The molecule has 306 valence electrons. The molecule has 0 N–H and O–H groups in total. The first-order valence-electron chi connectivity index (χ1n) is 22.6. The molecule has 0 radical (unpaired) electrons. The molecule has 4 nitrogen and oxygen atoms in total. The van der Waals surface area contributed by atoms with Gasteiger partial charge in [0.25, 0.3) is 0 Å². The van der Waals surface area contributed by atoms with Gasteiger partial charge in [0, 0.05) is 27.5 Å². The maximum absolute atomic E-state index is 4.99. The summed E-state index contributed by atoms with van der Waals surface area (Å²) in [5.41, 5.74) is 18.7. The zero-order chi connectivity index (χ0) is 43.3. The number of hydrogen-bond acceptors (Lipinski definition) is 3. The third-order valence-corrected chi connectivity index (χ3v) is 14.1. The second kappa shape index (κ2) is 14.1. The quantitative estimate of drug-likeness (QED) is 0.173. The van der Waals surface area contributed by atoms with E-state index in [4.69, 9.17) is 15.0 Å². The predicted octanol–water partition coefficient (Wildman–Crippen LogP) is 15.1. The molecule has 2 aliphatic rings. The van der Waals surface area contributed by atoms with Crippen LogP contribution in [0.25, 0.3) is 106 Å². The Morgan fingerprint density at radius 3 is 1.62 bits per heavy atom. The number of nitrogens with zero attached hydrogens (tertiary/aromatic N) is 4. The van der Waals surface area contributed by atoms with Crippen molar-refractivity contribution in [2.24, 2.45) is 0 Å². The summed E-state index contributed by atoms with van der Waals surface area (Å²) in [6.07, 6.45) is 0. The van der Waals surface area contributed by atoms with Gasteiger partial charge in [0.15, 0.2) is 17.5 Å². The van der Waals surface area contributed by atoms with Crippen molar-refractivity contribution in [1.29, 1.82) is 0 Å². The summed E-state index contributed by atoms with van der Waals surface area (Å²) in [6.45, 7) is 0. The minimum absolute atomic E-state index is 0.506. The topological polar surface area (TPSA) is 43.6 Å². The molecule has 3 heterocycles. The molecule has 12 aromatic rings. The number of aromatic nitrogens is 4. The Bertz CT molecular complexity index is 3870. The van der Waals surface area contributed by atoms with Crippen molar-refractivity contribution in [2.45, 2.75) is 5.41 Å². The maximum atomic E-state index is 4.99. The van der Waals surface area contributed by atoms with Gasteiger partial charge in [-0.05, 0) is 84.6 Å². The summed E-state index contributed by atoms with van der Waals surface area (Å²) in [4.78, 5) is 14.9. The van der Waals surface area contributed by atoms with Gasteiger partial charge in [-0.15, -0.1) is 0 Å². The molecule has 2 aromatic heterocycles. The summed E-state index contributed by atoms with van der Waals surface area (Å²) in [5, 5.41) is 4.97. The Hall–Kier alpha value is -8.73. The van der Waals surface area contributed by atoms with E-state index >= 15 is 0 Å². The lowest BCUT2D eigenvalue weighted by Crippen LogP contribution is -2.33. The van der Waals surface area contributed by atoms with E-state index in [1.54, 1.807) is 0 Å². The van der Waals surface area contributed by atoms with Crippen LogP contribution in [0.1, 0.15) is 22.3 Å². The van der Waals surface area contributed by atoms with E-state index in [9.17, 15) is 0 Å². The molecular weight excluding hydrogens is 801 g/mol. The Balaban J connectivity index is 0.923. The van der Waals surface area contributed by atoms with Crippen molar-refractivity contribution in [3.05, 3.63) is 253 Å². The number of fused-ring (bicyclic) bond motifs is 13. The van der Waals surface area contributed by atoms with Crippen LogP contribution >= 0.6 is 0 Å². The van der Waals surface area contributed by atoms with Crippen LogP contribution in [0, 0.1) is 0 Å². The molecule has 10 aromatic carbocycles. The zero-order valence-electron chi connectivity index (χ0n) is 35.7. The normalized spacial score (nSPS) is 14.4. The monoisotopic (exact) mass is 838 g/mol. The summed E-state index contributed by atoms with van der Waals surface area (Å²) < 4.78 is 2.51. The average molecular weight is 839 g/mol. The van der Waals surface area contributed by atoms with Crippen molar-refractivity contribution < 1.29 is 0 Å². The van der Waals surface area contributed by atoms with Gasteiger partial charge >= 0.3 is 0 Å². The Kier molecular flexibility index (Phi) is 7.87. The largest absolute Gasteiger partial charge is 0.309 e. The van der Waals surface area contributed by atoms with Crippen molar-refractivity contribution in [2.75, 3.05) is 0 Å². The first-order valence-corrected chi connectivity index (χ1v) is 22.6. The van der Waals surface area contributed by atoms with Crippen LogP contribution in [0.2, 0.25) is 0 Å². The zero-order valence-corrected chi connectivity index (χ0v) is 35.7. The predicted molar refractivity (Wildman–Crippen MR) is 270 cm³/mol. The molecular formula is C62H38N4. The van der Waals surface area contributed by atoms with E-state index in [-0.39, 0.29) is 0 Å². The van der Waals surface area contributed by atoms with Crippen LogP contribution in [0.4, 0.5) is 0 Å². The number of para-hydroxylation sites is 3. The highest BCUT2D eigenvalue weighted by Gasteiger charge is 2.51. The van der Waals surface area contributed by atoms with Gasteiger partial charge in [0.05, 0.1) is 22.1 Å². The smallest absolute Gasteiger partial charge is 0.164 e. The third-order valence-electron chi connectivity index (χ3n) is 14.1. The third kappa shape index (κ3) is 5.18. The van der Waals surface area contributed by atoms with Gasteiger partial charge in [0.1, 0.15) is 0 Å². The molecule has 0 saturated heterocycles. The minimum Gasteiger partial charge on any atom is -0.309 e. The summed E-state index contributed by atoms with van der Waals surface area (Å²) in [6, 6.07) is 83.6. The average Bonchev–Trinajstić information content (AvgIpc) is 3.89. The summed E-state index contributed by atoms with van der Waals surface area (Å²) in [5.74, 6) is 1.95. The fourth-order valence-electron chi connectivity index (χ4n) is 11.3. The molecule has 14 rings (SSSR count). The highest BCUT2D eigenvalue weighted by Crippen LogP contribution is 2.62. The van der Waals surface area contributed by atoms with Gasteiger partial charge in [-0.1, -0.05) is 212 Å². The summed E-state index contributed by atoms with van der Waals surface area (Å²) >= 11 is 0. The molecule has 4 heteroatoms. The van der Waals surface area contributed by atoms with Crippen molar-refractivity contribution in [3.63, 3.8) is 0 Å². The molecule has 1 aliphatic heterocycles. The lowest BCUT2D eigenvalue weighted by atomic mass is 9.65. The van der Waals surface area contributed by atoms with Gasteiger partial charge in [-0.3, -0.25) is 0 Å². The molecule has 0 amide bonds. The second-order valence-electron chi connectivity index (χ2n) is 17.5. The van der Waals surface area contributed by atoms with Crippen LogP contribution in [0.15, 0.2) is 231 Å². The number of benzene rings is 10. The van der Waals surface area contributed by atoms with E-state index < -0.39 is 5.41 Å². The second-order valence-corrected chi connectivity index (χ2v) is 17.5. The van der Waals surface area contributed by atoms with Gasteiger partial charge in [-0.25, -0.2) is 15.0 Å². The molecule has 0 bridgehead atoms. The summed E-state index contributed by atoms with van der Waals surface area (Å²) in [7, 11) is 0. The van der Waals surface area contributed by atoms with Crippen molar-refractivity contribution in [1.82, 2.24) is 19.5 Å². The molecule has 1 unspecified atom stereocenters. The fraction of sp³-hybridized carbons (Fsp3) is 0.0161. The lowest BCUT2D eigenvalue weighted by molar-refractivity contribution is 0.748. The van der Waals surface area contributed by atoms with E-state index in [1.165, 1.54) is 88.3 Å². The van der Waals surface area contributed by atoms with Crippen LogP contribution in [-0.4, -0.2) is 19.5 Å². The SMILES string of the molecule is c1ccc(-c2nc(-c3ccccc3)nc(-c3ccc(-c4cccc5ccc(-c6cccc7c6-c6ccccc6C76c7ccccc7-n7c8ccccc8c8cccc6c87)cc45)cc3)n2)cc1. The van der Waals surface area contributed by atoms with Crippen molar-refractivity contribution >= 4 is 32.6 Å². The Morgan fingerprint density at radius 2 is 0.848 bits per heavy atom. The highest BCUT2D eigenvalue weighted by molar-refractivity contribution is 6.13. The molecule has 1 aliphatic carbocycles. The molecule has 0 saturated carbocycles. The van der Waals surface area contributed by atoms with E-state index in [0.29, 0.717) is 17.5 Å². The highest BCUT2D eigenvalue weighted by atomic mass is 15.0. The van der Waals surface area contributed by atoms with E-state index in [1.807, 2.05) is 60.7 Å². The van der Waals surface area contributed by atoms with Crippen LogP contribution in [0.3, 0.4) is 0 Å². The number of rotatable bonds is 5. The van der Waals surface area contributed by atoms with Crippen LogP contribution in [-0.2, 0) is 5.41 Å².